The molecule has 0 radical (unpaired) electrons. The molecule has 2 fully saturated rings. The molecule has 7 nitrogen and oxygen atoms in total. The zero-order valence-corrected chi connectivity index (χ0v) is 20.4. The monoisotopic (exact) mass is 529 g/mol. The summed E-state index contributed by atoms with van der Waals surface area (Å²) < 4.78 is 53.7. The van der Waals surface area contributed by atoms with Crippen LogP contribution in [0.3, 0.4) is 0 Å². The van der Waals surface area contributed by atoms with Gasteiger partial charge in [0.05, 0.1) is 26.9 Å². The van der Waals surface area contributed by atoms with Crippen molar-refractivity contribution in [3.8, 4) is 0 Å². The van der Waals surface area contributed by atoms with Crippen LogP contribution in [0.15, 0.2) is 41.3 Å². The molecule has 2 saturated carbocycles. The summed E-state index contributed by atoms with van der Waals surface area (Å²) in [5, 5.41) is 32.9. The molecule has 4 N–H and O–H groups in total. The number of carbonyl (C=O) groups is 1. The van der Waals surface area contributed by atoms with Crippen molar-refractivity contribution in [3.63, 3.8) is 0 Å². The highest BCUT2D eigenvalue weighted by molar-refractivity contribution is 7.92. The smallest absolute Gasteiger partial charge is 0.255 e. The van der Waals surface area contributed by atoms with E-state index in [0.29, 0.717) is 12.8 Å². The van der Waals surface area contributed by atoms with E-state index in [-0.39, 0.29) is 34.0 Å². The summed E-state index contributed by atoms with van der Waals surface area (Å²) in [6.45, 7) is 1.38. The largest absolute Gasteiger partial charge is 0.391 e. The van der Waals surface area contributed by atoms with E-state index in [1.807, 2.05) is 0 Å². The van der Waals surface area contributed by atoms with Gasteiger partial charge in [-0.2, -0.15) is 0 Å². The first-order valence-corrected chi connectivity index (χ1v) is 13.2. The maximum Gasteiger partial charge on any atom is 0.255 e. The second-order valence-electron chi connectivity index (χ2n) is 9.41. The third kappa shape index (κ3) is 4.58. The zero-order chi connectivity index (χ0) is 25.7. The van der Waals surface area contributed by atoms with Crippen LogP contribution in [-0.2, 0) is 9.84 Å². The summed E-state index contributed by atoms with van der Waals surface area (Å²) in [4.78, 5) is 12.4. The quantitative estimate of drug-likeness (QED) is 0.455. The number of hydrogen-bond acceptors (Lipinski definition) is 6. The van der Waals surface area contributed by atoms with Gasteiger partial charge in [0.15, 0.2) is 21.5 Å². The fourth-order valence-electron chi connectivity index (χ4n) is 5.48. The number of fused-ring (bicyclic) bond motifs is 2. The third-order valence-corrected chi connectivity index (χ3v) is 9.97. The number of anilines is 1. The molecule has 190 valence electrons. The molecule has 6 atom stereocenters. The molecular formula is C24H26ClF2NO6S. The van der Waals surface area contributed by atoms with Crippen molar-refractivity contribution in [1.82, 2.24) is 0 Å². The van der Waals surface area contributed by atoms with Crippen LogP contribution < -0.4 is 5.32 Å². The van der Waals surface area contributed by atoms with Crippen LogP contribution in [0.5, 0.6) is 0 Å². The van der Waals surface area contributed by atoms with E-state index >= 15 is 0 Å². The summed E-state index contributed by atoms with van der Waals surface area (Å²) in [6.07, 6.45) is -1.39. The Bertz CT molecular complexity index is 1240. The van der Waals surface area contributed by atoms with E-state index in [0.717, 1.165) is 18.2 Å². The van der Waals surface area contributed by atoms with Crippen LogP contribution in [0.25, 0.3) is 0 Å². The van der Waals surface area contributed by atoms with Crippen molar-refractivity contribution in [3.05, 3.63) is 58.6 Å². The van der Waals surface area contributed by atoms with Crippen LogP contribution in [-0.4, -0.2) is 52.7 Å². The van der Waals surface area contributed by atoms with Gasteiger partial charge < -0.3 is 20.6 Å². The first kappa shape index (κ1) is 26.0. The van der Waals surface area contributed by atoms with Crippen LogP contribution >= 0.6 is 11.6 Å². The third-order valence-electron chi connectivity index (χ3n) is 7.31. The first-order valence-electron chi connectivity index (χ1n) is 11.2. The van der Waals surface area contributed by atoms with Crippen LogP contribution in [0, 0.1) is 23.5 Å². The topological polar surface area (TPSA) is 124 Å². The van der Waals surface area contributed by atoms with Gasteiger partial charge in [-0.25, -0.2) is 17.2 Å². The van der Waals surface area contributed by atoms with E-state index in [2.05, 4.69) is 5.32 Å². The van der Waals surface area contributed by atoms with Gasteiger partial charge in [0, 0.05) is 17.3 Å². The highest BCUT2D eigenvalue weighted by Crippen LogP contribution is 2.54. The fourth-order valence-corrected chi connectivity index (χ4v) is 7.89. The second kappa shape index (κ2) is 9.40. The lowest BCUT2D eigenvalue weighted by atomic mass is 9.70. The zero-order valence-electron chi connectivity index (χ0n) is 18.8. The SMILES string of the molecule is C[C@H](O)[C@@H](O)[C@@]1(O)C2CC[C@H]1C[C@H](S(=O)(=O)c1cc(C(=O)Nc3ccc(F)c(F)c3)ccc1Cl)C2. The average Bonchev–Trinajstić information content (AvgIpc) is 2.97. The Morgan fingerprint density at radius 3 is 2.29 bits per heavy atom. The molecule has 2 aliphatic rings. The molecule has 0 heterocycles. The van der Waals surface area contributed by atoms with Crippen molar-refractivity contribution in [2.45, 2.75) is 60.6 Å². The number of amides is 1. The molecule has 0 aliphatic heterocycles. The van der Waals surface area contributed by atoms with Gasteiger partial charge in [-0.05, 0) is 74.8 Å². The maximum atomic E-state index is 13.6. The van der Waals surface area contributed by atoms with Crippen LogP contribution in [0.1, 0.15) is 43.0 Å². The number of aliphatic hydroxyl groups excluding tert-OH is 2. The Balaban J connectivity index is 1.59. The van der Waals surface area contributed by atoms with Crippen molar-refractivity contribution < 1.29 is 37.3 Å². The Morgan fingerprint density at radius 2 is 1.71 bits per heavy atom. The molecule has 2 aromatic rings. The molecule has 1 unspecified atom stereocenters. The Morgan fingerprint density at radius 1 is 1.09 bits per heavy atom. The van der Waals surface area contributed by atoms with Gasteiger partial charge in [-0.15, -0.1) is 0 Å². The molecule has 2 bridgehead atoms. The summed E-state index contributed by atoms with van der Waals surface area (Å²) in [5.41, 5.74) is -1.62. The number of aliphatic hydroxyl groups is 3. The van der Waals surface area contributed by atoms with E-state index in [1.54, 1.807) is 0 Å². The highest BCUT2D eigenvalue weighted by atomic mass is 35.5. The molecule has 0 aromatic heterocycles. The van der Waals surface area contributed by atoms with E-state index in [9.17, 15) is 37.3 Å². The minimum atomic E-state index is -4.03. The normalized spacial score (nSPS) is 27.9. The summed E-state index contributed by atoms with van der Waals surface area (Å²) >= 11 is 6.21. The molecule has 4 rings (SSSR count). The van der Waals surface area contributed by atoms with Crippen molar-refractivity contribution in [2.24, 2.45) is 11.8 Å². The number of carbonyl (C=O) groups excluding carboxylic acids is 1. The molecule has 2 aromatic carbocycles. The second-order valence-corrected chi connectivity index (χ2v) is 12.0. The van der Waals surface area contributed by atoms with Crippen molar-refractivity contribution in [1.29, 1.82) is 0 Å². The summed E-state index contributed by atoms with van der Waals surface area (Å²) in [7, 11) is -4.03. The van der Waals surface area contributed by atoms with E-state index < -0.39 is 62.3 Å². The number of rotatable bonds is 6. The molecule has 11 heteroatoms. The lowest BCUT2D eigenvalue weighted by molar-refractivity contribution is -0.172. The van der Waals surface area contributed by atoms with Gasteiger partial charge in [-0.1, -0.05) is 11.6 Å². The van der Waals surface area contributed by atoms with Crippen molar-refractivity contribution in [2.75, 3.05) is 5.32 Å². The fraction of sp³-hybridized carbons (Fsp3) is 0.458. The van der Waals surface area contributed by atoms with Gasteiger partial charge in [0.25, 0.3) is 5.91 Å². The van der Waals surface area contributed by atoms with E-state index in [4.69, 9.17) is 11.6 Å². The van der Waals surface area contributed by atoms with Crippen LogP contribution in [0.4, 0.5) is 14.5 Å². The van der Waals surface area contributed by atoms with Crippen LogP contribution in [0.2, 0.25) is 5.02 Å². The first-order chi connectivity index (χ1) is 16.4. The van der Waals surface area contributed by atoms with Gasteiger partial charge in [0.2, 0.25) is 0 Å². The molecule has 1 amide bonds. The minimum absolute atomic E-state index is 0.00642. The number of sulfone groups is 1. The lowest BCUT2D eigenvalue weighted by Gasteiger charge is -2.46. The predicted molar refractivity (Wildman–Crippen MR) is 125 cm³/mol. The number of nitrogens with one attached hydrogen (secondary N) is 1. The molecule has 35 heavy (non-hydrogen) atoms. The average molecular weight is 530 g/mol. The number of halogens is 3. The van der Waals surface area contributed by atoms with Gasteiger partial charge >= 0.3 is 0 Å². The van der Waals surface area contributed by atoms with Gasteiger partial charge in [-0.3, -0.25) is 4.79 Å². The summed E-state index contributed by atoms with van der Waals surface area (Å²) in [5.74, 6) is -4.00. The Kier molecular flexibility index (Phi) is 6.98. The van der Waals surface area contributed by atoms with Crippen molar-refractivity contribution >= 4 is 33.0 Å². The maximum absolute atomic E-state index is 13.6. The minimum Gasteiger partial charge on any atom is -0.391 e. The Labute approximate surface area is 206 Å². The van der Waals surface area contributed by atoms with E-state index in [1.165, 1.54) is 25.1 Å². The Hall–Kier alpha value is -2.11. The number of hydrogen-bond donors (Lipinski definition) is 4. The lowest BCUT2D eigenvalue weighted by Crippen LogP contribution is -2.58. The number of benzene rings is 2. The highest BCUT2D eigenvalue weighted by Gasteiger charge is 2.59. The van der Waals surface area contributed by atoms with Gasteiger partial charge in [0.1, 0.15) is 6.10 Å². The molecule has 2 aliphatic carbocycles. The molecule has 0 spiro atoms. The molecule has 0 saturated heterocycles. The molecular weight excluding hydrogens is 504 g/mol. The summed E-state index contributed by atoms with van der Waals surface area (Å²) in [6, 6.07) is 6.57. The predicted octanol–water partition coefficient (Wildman–Crippen LogP) is 3.31. The standard InChI is InChI=1S/C24H26ClF2NO6S/c1-12(29)22(30)24(32)14-3-4-15(24)10-17(9-14)35(33,34)21-8-13(2-6-18(21)25)23(31)28-16-5-7-19(26)20(27)11-16/h2,5-8,11-12,14-15,17,22,29-30,32H,3-4,9-10H2,1H3,(H,28,31)/t12-,14-,15?,17-,22+,24-/m0/s1.